The minimum atomic E-state index is -3.50. The maximum absolute atomic E-state index is 12.2. The molecule has 0 aromatic heterocycles. The molecule has 0 spiro atoms. The van der Waals surface area contributed by atoms with Gasteiger partial charge in [-0.1, -0.05) is 22.0 Å². The van der Waals surface area contributed by atoms with Gasteiger partial charge in [-0.25, -0.2) is 13.1 Å². The number of hydrogen-bond donors (Lipinski definition) is 2. The summed E-state index contributed by atoms with van der Waals surface area (Å²) in [5.41, 5.74) is 0. The first-order chi connectivity index (χ1) is 8.53. The summed E-state index contributed by atoms with van der Waals surface area (Å²) in [6.45, 7) is 0.00215. The first kappa shape index (κ1) is 14.0. The van der Waals surface area contributed by atoms with Crippen LogP contribution in [-0.2, 0) is 10.0 Å². The molecule has 0 aliphatic heterocycles. The first-order valence-electron chi connectivity index (χ1n) is 5.91. The van der Waals surface area contributed by atoms with Crippen molar-refractivity contribution in [2.45, 2.75) is 30.2 Å². The second kappa shape index (κ2) is 5.69. The molecule has 0 amide bonds. The van der Waals surface area contributed by atoms with Crippen LogP contribution >= 0.6 is 15.9 Å². The molecule has 6 heteroatoms. The fourth-order valence-corrected chi connectivity index (χ4v) is 3.87. The van der Waals surface area contributed by atoms with Gasteiger partial charge in [-0.2, -0.15) is 0 Å². The molecule has 18 heavy (non-hydrogen) atoms. The number of hydrogen-bond acceptors (Lipinski definition) is 3. The number of halogens is 1. The number of rotatable bonds is 6. The van der Waals surface area contributed by atoms with E-state index in [0.29, 0.717) is 12.3 Å². The van der Waals surface area contributed by atoms with Gasteiger partial charge in [-0.05, 0) is 43.4 Å². The molecule has 1 unspecified atom stereocenters. The second-order valence-corrected chi connectivity index (χ2v) is 7.16. The average Bonchev–Trinajstić information content (AvgIpc) is 3.12. The summed E-state index contributed by atoms with van der Waals surface area (Å²) in [4.78, 5) is 0.250. The summed E-state index contributed by atoms with van der Waals surface area (Å²) in [5, 5.41) is 8.98. The van der Waals surface area contributed by atoms with Crippen molar-refractivity contribution in [2.75, 3.05) is 6.61 Å². The molecular formula is C12H16BrNO3S. The van der Waals surface area contributed by atoms with Crippen molar-refractivity contribution >= 4 is 26.0 Å². The number of benzene rings is 1. The number of aliphatic hydroxyl groups excluding tert-OH is 1. The van der Waals surface area contributed by atoms with Crippen molar-refractivity contribution in [1.82, 2.24) is 4.72 Å². The minimum absolute atomic E-state index is 0.00215. The Bertz CT molecular complexity index is 514. The summed E-state index contributed by atoms with van der Waals surface area (Å²) in [5.74, 6) is 0.374. The first-order valence-corrected chi connectivity index (χ1v) is 8.19. The van der Waals surface area contributed by atoms with Crippen molar-refractivity contribution in [2.24, 2.45) is 5.92 Å². The lowest BCUT2D eigenvalue weighted by Gasteiger charge is -2.17. The summed E-state index contributed by atoms with van der Waals surface area (Å²) in [6.07, 6.45) is 2.54. The SMILES string of the molecule is O=S(=O)(NC(CCO)C1CC1)c1cccc(Br)c1. The lowest BCUT2D eigenvalue weighted by atomic mass is 10.1. The van der Waals surface area contributed by atoms with E-state index in [1.54, 1.807) is 24.3 Å². The summed E-state index contributed by atoms with van der Waals surface area (Å²) >= 11 is 3.26. The highest BCUT2D eigenvalue weighted by molar-refractivity contribution is 9.10. The fourth-order valence-electron chi connectivity index (χ4n) is 1.93. The number of aliphatic hydroxyl groups is 1. The highest BCUT2D eigenvalue weighted by Crippen LogP contribution is 2.34. The zero-order chi connectivity index (χ0) is 13.2. The highest BCUT2D eigenvalue weighted by Gasteiger charge is 2.33. The van der Waals surface area contributed by atoms with E-state index < -0.39 is 10.0 Å². The lowest BCUT2D eigenvalue weighted by Crippen LogP contribution is -2.37. The van der Waals surface area contributed by atoms with Crippen LogP contribution in [0.2, 0.25) is 0 Å². The number of sulfonamides is 1. The predicted octanol–water partition coefficient (Wildman–Crippen LogP) is 1.89. The van der Waals surface area contributed by atoms with E-state index in [1.807, 2.05) is 0 Å². The molecular weight excluding hydrogens is 318 g/mol. The molecule has 4 nitrogen and oxygen atoms in total. The van der Waals surface area contributed by atoms with Crippen molar-refractivity contribution in [3.8, 4) is 0 Å². The third kappa shape index (κ3) is 3.54. The van der Waals surface area contributed by atoms with E-state index in [0.717, 1.165) is 17.3 Å². The topological polar surface area (TPSA) is 66.4 Å². The van der Waals surface area contributed by atoms with E-state index in [9.17, 15) is 8.42 Å². The fraction of sp³-hybridized carbons (Fsp3) is 0.500. The van der Waals surface area contributed by atoms with Gasteiger partial charge in [-0.3, -0.25) is 0 Å². The lowest BCUT2D eigenvalue weighted by molar-refractivity contribution is 0.265. The standard InChI is InChI=1S/C12H16BrNO3S/c13-10-2-1-3-11(8-10)18(16,17)14-12(6-7-15)9-4-5-9/h1-3,8-9,12,14-15H,4-7H2. The van der Waals surface area contributed by atoms with Crippen molar-refractivity contribution in [1.29, 1.82) is 0 Å². The van der Waals surface area contributed by atoms with Gasteiger partial charge in [0.2, 0.25) is 10.0 Å². The predicted molar refractivity (Wildman–Crippen MR) is 72.7 cm³/mol. The molecule has 1 fully saturated rings. The molecule has 1 aromatic carbocycles. The Kier molecular flexibility index (Phi) is 4.42. The zero-order valence-electron chi connectivity index (χ0n) is 9.84. The van der Waals surface area contributed by atoms with Crippen LogP contribution in [0.15, 0.2) is 33.6 Å². The molecule has 100 valence electrons. The Morgan fingerprint density at radius 3 is 2.72 bits per heavy atom. The second-order valence-electron chi connectivity index (χ2n) is 4.53. The van der Waals surface area contributed by atoms with E-state index in [4.69, 9.17) is 5.11 Å². The van der Waals surface area contributed by atoms with E-state index >= 15 is 0 Å². The molecule has 1 aromatic rings. The van der Waals surface area contributed by atoms with Gasteiger partial charge < -0.3 is 5.11 Å². The van der Waals surface area contributed by atoms with E-state index in [-0.39, 0.29) is 17.5 Å². The molecule has 1 aliphatic rings. The van der Waals surface area contributed by atoms with Gasteiger partial charge in [0, 0.05) is 17.1 Å². The molecule has 0 saturated heterocycles. The Labute approximate surface area is 116 Å². The Hall–Kier alpha value is -0.430. The van der Waals surface area contributed by atoms with Gasteiger partial charge in [-0.15, -0.1) is 0 Å². The molecule has 0 heterocycles. The number of nitrogens with one attached hydrogen (secondary N) is 1. The van der Waals surface area contributed by atoms with Crippen LogP contribution in [-0.4, -0.2) is 26.2 Å². The van der Waals surface area contributed by atoms with E-state index in [2.05, 4.69) is 20.7 Å². The van der Waals surface area contributed by atoms with Crippen LogP contribution in [0.3, 0.4) is 0 Å². The molecule has 2 N–H and O–H groups in total. The van der Waals surface area contributed by atoms with Crippen molar-refractivity contribution in [3.63, 3.8) is 0 Å². The summed E-state index contributed by atoms with van der Waals surface area (Å²) in [7, 11) is -3.50. The van der Waals surface area contributed by atoms with Crippen LogP contribution in [0, 0.1) is 5.92 Å². The molecule has 1 atom stereocenters. The zero-order valence-corrected chi connectivity index (χ0v) is 12.2. The quantitative estimate of drug-likeness (QED) is 0.835. The molecule has 1 aliphatic carbocycles. The normalized spacial score (nSPS) is 17.7. The van der Waals surface area contributed by atoms with Crippen LogP contribution in [0.4, 0.5) is 0 Å². The summed E-state index contributed by atoms with van der Waals surface area (Å²) in [6, 6.07) is 6.46. The third-order valence-electron chi connectivity index (χ3n) is 3.04. The Balaban J connectivity index is 2.15. The van der Waals surface area contributed by atoms with Crippen molar-refractivity contribution in [3.05, 3.63) is 28.7 Å². The molecule has 0 radical (unpaired) electrons. The minimum Gasteiger partial charge on any atom is -0.396 e. The van der Waals surface area contributed by atoms with Gasteiger partial charge in [0.05, 0.1) is 4.90 Å². The van der Waals surface area contributed by atoms with Gasteiger partial charge in [0.15, 0.2) is 0 Å². The maximum Gasteiger partial charge on any atom is 0.240 e. The Morgan fingerprint density at radius 1 is 1.44 bits per heavy atom. The summed E-state index contributed by atoms with van der Waals surface area (Å²) < 4.78 is 27.8. The third-order valence-corrected chi connectivity index (χ3v) is 5.02. The van der Waals surface area contributed by atoms with E-state index in [1.165, 1.54) is 0 Å². The molecule has 1 saturated carbocycles. The smallest absolute Gasteiger partial charge is 0.240 e. The van der Waals surface area contributed by atoms with Gasteiger partial charge in [0.25, 0.3) is 0 Å². The van der Waals surface area contributed by atoms with Gasteiger partial charge in [0.1, 0.15) is 0 Å². The van der Waals surface area contributed by atoms with Crippen molar-refractivity contribution < 1.29 is 13.5 Å². The molecule has 2 rings (SSSR count). The van der Waals surface area contributed by atoms with Crippen LogP contribution in [0.1, 0.15) is 19.3 Å². The molecule has 0 bridgehead atoms. The monoisotopic (exact) mass is 333 g/mol. The maximum atomic E-state index is 12.2. The van der Waals surface area contributed by atoms with Crippen LogP contribution in [0.25, 0.3) is 0 Å². The Morgan fingerprint density at radius 2 is 2.17 bits per heavy atom. The van der Waals surface area contributed by atoms with Gasteiger partial charge >= 0.3 is 0 Å². The van der Waals surface area contributed by atoms with Crippen LogP contribution < -0.4 is 4.72 Å². The largest absolute Gasteiger partial charge is 0.396 e. The van der Waals surface area contributed by atoms with Crippen LogP contribution in [0.5, 0.6) is 0 Å². The highest BCUT2D eigenvalue weighted by atomic mass is 79.9. The average molecular weight is 334 g/mol.